The minimum atomic E-state index is -0.173. The van der Waals surface area contributed by atoms with Gasteiger partial charge in [-0.2, -0.15) is 4.98 Å². The predicted octanol–water partition coefficient (Wildman–Crippen LogP) is 2.91. The summed E-state index contributed by atoms with van der Waals surface area (Å²) in [5.74, 6) is 3.28. The average Bonchev–Trinajstić information content (AvgIpc) is 3.18. The fourth-order valence-electron chi connectivity index (χ4n) is 2.01. The lowest BCUT2D eigenvalue weighted by Crippen LogP contribution is -2.36. The van der Waals surface area contributed by atoms with Crippen LogP contribution in [-0.4, -0.2) is 27.6 Å². The van der Waals surface area contributed by atoms with Crippen LogP contribution in [-0.2, 0) is 23.9 Å². The molecule has 26 heavy (non-hydrogen) atoms. The molecule has 0 fully saturated rings. The Kier molecular flexibility index (Phi) is 6.05. The normalized spacial score (nSPS) is 13.1. The summed E-state index contributed by atoms with van der Waals surface area (Å²) in [5, 5.41) is 10.4. The van der Waals surface area contributed by atoms with Crippen LogP contribution in [0, 0.1) is 0 Å². The lowest BCUT2D eigenvalue weighted by Gasteiger charge is -2.13. The number of nitrogens with one attached hydrogen (secondary N) is 2. The maximum atomic E-state index is 5.78. The quantitative estimate of drug-likeness (QED) is 0.623. The van der Waals surface area contributed by atoms with Crippen molar-refractivity contribution in [1.29, 1.82) is 0 Å². The second-order valence-electron chi connectivity index (χ2n) is 8.18. The number of nitrogens with zero attached hydrogens (tertiary/aromatic N) is 4. The summed E-state index contributed by atoms with van der Waals surface area (Å²) < 4.78 is 11.1. The van der Waals surface area contributed by atoms with Gasteiger partial charge in [-0.25, -0.2) is 9.98 Å². The van der Waals surface area contributed by atoms with Crippen molar-refractivity contribution in [3.8, 4) is 0 Å². The first kappa shape index (κ1) is 19.9. The van der Waals surface area contributed by atoms with E-state index in [1.165, 1.54) is 0 Å². The molecule has 2 rings (SSSR count). The van der Waals surface area contributed by atoms with Gasteiger partial charge >= 0.3 is 0 Å². The van der Waals surface area contributed by atoms with Crippen LogP contribution in [0.3, 0.4) is 0 Å². The van der Waals surface area contributed by atoms with E-state index in [1.807, 2.05) is 27.7 Å². The molecule has 8 heteroatoms. The molecule has 8 nitrogen and oxygen atoms in total. The van der Waals surface area contributed by atoms with Gasteiger partial charge in [-0.3, -0.25) is 0 Å². The van der Waals surface area contributed by atoms with E-state index in [2.05, 4.69) is 51.5 Å². The molecule has 0 saturated carbocycles. The second-order valence-corrected chi connectivity index (χ2v) is 8.18. The third-order valence-corrected chi connectivity index (χ3v) is 3.53. The fourth-order valence-corrected chi connectivity index (χ4v) is 2.01. The molecule has 0 aliphatic rings. The zero-order valence-electron chi connectivity index (χ0n) is 16.8. The summed E-state index contributed by atoms with van der Waals surface area (Å²) in [6, 6.07) is 0. The molecular weight excluding hydrogens is 332 g/mol. The molecule has 2 aromatic rings. The number of rotatable bonds is 5. The van der Waals surface area contributed by atoms with Gasteiger partial charge in [0.25, 0.3) is 0 Å². The number of hydrogen-bond donors (Lipinski definition) is 2. The van der Waals surface area contributed by atoms with Gasteiger partial charge in [0.1, 0.15) is 12.3 Å². The third-order valence-electron chi connectivity index (χ3n) is 3.53. The monoisotopic (exact) mass is 362 g/mol. The van der Waals surface area contributed by atoms with Crippen LogP contribution >= 0.6 is 0 Å². The predicted molar refractivity (Wildman–Crippen MR) is 99.9 cm³/mol. The Bertz CT molecular complexity index is 733. The Labute approximate surface area is 154 Å². The van der Waals surface area contributed by atoms with Crippen LogP contribution in [0.2, 0.25) is 0 Å². The van der Waals surface area contributed by atoms with Gasteiger partial charge in [0.05, 0.1) is 12.7 Å². The highest BCUT2D eigenvalue weighted by Crippen LogP contribution is 2.22. The maximum absolute atomic E-state index is 5.78. The second kappa shape index (κ2) is 7.88. The van der Waals surface area contributed by atoms with Crippen LogP contribution in [0.4, 0.5) is 0 Å². The highest BCUT2D eigenvalue weighted by molar-refractivity contribution is 5.79. The molecule has 0 aromatic carbocycles. The van der Waals surface area contributed by atoms with Gasteiger partial charge < -0.3 is 19.6 Å². The number of hydrogen-bond acceptors (Lipinski definition) is 6. The standard InChI is InChI=1S/C18H30N6O2/c1-8-19-16(21-10-13-23-15(26-24-13)18(5,6)7)22-11-14-20-9-12(25-14)17(2,3)4/h9H,8,10-11H2,1-7H3,(H2,19,21,22). The first-order valence-corrected chi connectivity index (χ1v) is 8.90. The molecule has 0 aliphatic heterocycles. The SMILES string of the molecule is CCNC(=NCc1noc(C(C)(C)C)n1)NCc1ncc(C(C)(C)C)o1. The van der Waals surface area contributed by atoms with Crippen molar-refractivity contribution in [3.63, 3.8) is 0 Å². The molecule has 0 unspecified atom stereocenters. The smallest absolute Gasteiger partial charge is 0.232 e. The van der Waals surface area contributed by atoms with Gasteiger partial charge in [0.2, 0.25) is 11.8 Å². The summed E-state index contributed by atoms with van der Waals surface area (Å²) in [6.45, 7) is 15.9. The fraction of sp³-hybridized carbons (Fsp3) is 0.667. The van der Waals surface area contributed by atoms with E-state index < -0.39 is 0 Å². The molecule has 0 amide bonds. The summed E-state index contributed by atoms with van der Waals surface area (Å²) in [5.41, 5.74) is -0.235. The van der Waals surface area contributed by atoms with E-state index in [0.717, 1.165) is 12.3 Å². The van der Waals surface area contributed by atoms with E-state index >= 15 is 0 Å². The van der Waals surface area contributed by atoms with Crippen molar-refractivity contribution in [2.24, 2.45) is 4.99 Å². The molecule has 0 spiro atoms. The molecule has 0 saturated heterocycles. The Morgan fingerprint density at radius 2 is 1.85 bits per heavy atom. The summed E-state index contributed by atoms with van der Waals surface area (Å²) in [7, 11) is 0. The zero-order chi connectivity index (χ0) is 19.4. The highest BCUT2D eigenvalue weighted by Gasteiger charge is 2.22. The van der Waals surface area contributed by atoms with Crippen LogP contribution in [0.15, 0.2) is 20.1 Å². The molecule has 2 aromatic heterocycles. The maximum Gasteiger partial charge on any atom is 0.232 e. The van der Waals surface area contributed by atoms with Crippen LogP contribution in [0.5, 0.6) is 0 Å². The van der Waals surface area contributed by atoms with E-state index in [1.54, 1.807) is 6.20 Å². The summed E-state index contributed by atoms with van der Waals surface area (Å²) in [4.78, 5) is 13.2. The van der Waals surface area contributed by atoms with Crippen molar-refractivity contribution in [2.45, 2.75) is 72.4 Å². The van der Waals surface area contributed by atoms with Crippen molar-refractivity contribution < 1.29 is 8.94 Å². The molecule has 144 valence electrons. The number of aromatic nitrogens is 3. The van der Waals surface area contributed by atoms with Crippen molar-refractivity contribution in [1.82, 2.24) is 25.8 Å². The molecular formula is C18H30N6O2. The molecule has 0 aliphatic carbocycles. The number of oxazole rings is 1. The van der Waals surface area contributed by atoms with Crippen molar-refractivity contribution >= 4 is 5.96 Å². The van der Waals surface area contributed by atoms with Crippen LogP contribution < -0.4 is 10.6 Å². The van der Waals surface area contributed by atoms with E-state index in [0.29, 0.717) is 36.7 Å². The minimum Gasteiger partial charge on any atom is -0.443 e. The molecule has 2 heterocycles. The Morgan fingerprint density at radius 3 is 2.38 bits per heavy atom. The lowest BCUT2D eigenvalue weighted by atomic mass is 9.94. The first-order valence-electron chi connectivity index (χ1n) is 8.90. The van der Waals surface area contributed by atoms with E-state index in [9.17, 15) is 0 Å². The van der Waals surface area contributed by atoms with Crippen LogP contribution in [0.25, 0.3) is 0 Å². The third kappa shape index (κ3) is 5.57. The van der Waals surface area contributed by atoms with Crippen LogP contribution in [0.1, 0.15) is 71.8 Å². The minimum absolute atomic E-state index is 0.0623. The van der Waals surface area contributed by atoms with Crippen molar-refractivity contribution in [3.05, 3.63) is 29.6 Å². The molecule has 0 bridgehead atoms. The van der Waals surface area contributed by atoms with Crippen molar-refractivity contribution in [2.75, 3.05) is 6.54 Å². The van der Waals surface area contributed by atoms with E-state index in [-0.39, 0.29) is 10.8 Å². The Hall–Kier alpha value is -2.38. The average molecular weight is 362 g/mol. The molecule has 0 atom stereocenters. The topological polar surface area (TPSA) is 101 Å². The summed E-state index contributed by atoms with van der Waals surface area (Å²) in [6.07, 6.45) is 1.77. The molecule has 0 radical (unpaired) electrons. The van der Waals surface area contributed by atoms with Gasteiger partial charge in [-0.1, -0.05) is 46.7 Å². The first-order chi connectivity index (χ1) is 12.1. The lowest BCUT2D eigenvalue weighted by molar-refractivity contribution is 0.318. The number of guanidine groups is 1. The Balaban J connectivity index is 1.98. The largest absolute Gasteiger partial charge is 0.443 e. The Morgan fingerprint density at radius 1 is 1.12 bits per heavy atom. The zero-order valence-corrected chi connectivity index (χ0v) is 16.8. The highest BCUT2D eigenvalue weighted by atomic mass is 16.5. The molecule has 2 N–H and O–H groups in total. The van der Waals surface area contributed by atoms with Gasteiger partial charge in [0.15, 0.2) is 11.8 Å². The van der Waals surface area contributed by atoms with Gasteiger partial charge in [-0.15, -0.1) is 0 Å². The van der Waals surface area contributed by atoms with Gasteiger partial charge in [0, 0.05) is 17.4 Å². The summed E-state index contributed by atoms with van der Waals surface area (Å²) >= 11 is 0. The van der Waals surface area contributed by atoms with Gasteiger partial charge in [-0.05, 0) is 6.92 Å². The van der Waals surface area contributed by atoms with E-state index in [4.69, 9.17) is 8.94 Å². The number of aliphatic imine (C=N–C) groups is 1.